The van der Waals surface area contributed by atoms with Gasteiger partial charge in [-0.2, -0.15) is 13.2 Å². The minimum absolute atomic E-state index is 0.0108. The van der Waals surface area contributed by atoms with Crippen LogP contribution in [-0.4, -0.2) is 24.6 Å². The van der Waals surface area contributed by atoms with E-state index in [-0.39, 0.29) is 47.1 Å². The van der Waals surface area contributed by atoms with E-state index in [4.69, 9.17) is 4.42 Å². The van der Waals surface area contributed by atoms with Gasteiger partial charge in [0.1, 0.15) is 11.5 Å². The van der Waals surface area contributed by atoms with Gasteiger partial charge in [0.2, 0.25) is 11.6 Å². The third-order valence-corrected chi connectivity index (χ3v) is 5.47. The van der Waals surface area contributed by atoms with E-state index in [2.05, 4.69) is 9.97 Å². The Labute approximate surface area is 195 Å². The number of hydrogen-bond acceptors (Lipinski definition) is 5. The van der Waals surface area contributed by atoms with Crippen molar-refractivity contribution in [3.05, 3.63) is 101 Å². The SMILES string of the molecule is Oc1cccc(-c2cn3c(O)c(Cc4ccc(C(F)(F)F)o4)nc3c(Cc3ccccc3)n2)c1F. The number of fused-ring (bicyclic) bond motifs is 1. The standard InChI is InChI=1S/C25H17F4N3O3/c26-22-16(7-4-8-20(22)33)19-13-32-23(17(30-19)11-14-5-2-1-3-6-14)31-18(24(32)34)12-15-9-10-21(35-15)25(27,28)29/h1-10,13,33-34H,11-12H2. The summed E-state index contributed by atoms with van der Waals surface area (Å²) in [4.78, 5) is 8.96. The maximum absolute atomic E-state index is 14.7. The van der Waals surface area contributed by atoms with Gasteiger partial charge in [-0.3, -0.25) is 4.40 Å². The lowest BCUT2D eigenvalue weighted by atomic mass is 10.1. The second-order valence-corrected chi connectivity index (χ2v) is 7.89. The van der Waals surface area contributed by atoms with Crippen LogP contribution < -0.4 is 0 Å². The largest absolute Gasteiger partial charge is 0.505 e. The molecule has 5 aromatic rings. The highest BCUT2D eigenvalue weighted by Crippen LogP contribution is 2.33. The van der Waals surface area contributed by atoms with E-state index in [1.165, 1.54) is 34.9 Å². The first kappa shape index (κ1) is 22.5. The maximum Gasteiger partial charge on any atom is 0.449 e. The van der Waals surface area contributed by atoms with E-state index in [1.54, 1.807) is 0 Å². The molecule has 0 atom stereocenters. The van der Waals surface area contributed by atoms with E-state index in [0.29, 0.717) is 5.69 Å². The average molecular weight is 483 g/mol. The van der Waals surface area contributed by atoms with E-state index in [0.717, 1.165) is 11.6 Å². The molecule has 0 aliphatic rings. The summed E-state index contributed by atoms with van der Waals surface area (Å²) in [5.74, 6) is -2.96. The quantitative estimate of drug-likeness (QED) is 0.312. The highest BCUT2D eigenvalue weighted by atomic mass is 19.4. The number of phenolic OH excluding ortho intramolecular Hbond substituents is 1. The minimum Gasteiger partial charge on any atom is -0.505 e. The number of alkyl halides is 3. The van der Waals surface area contributed by atoms with E-state index < -0.39 is 23.5 Å². The van der Waals surface area contributed by atoms with Crippen LogP contribution in [0.4, 0.5) is 17.6 Å². The molecule has 0 aliphatic heterocycles. The van der Waals surface area contributed by atoms with E-state index in [9.17, 15) is 27.8 Å². The number of furan rings is 1. The van der Waals surface area contributed by atoms with Gasteiger partial charge < -0.3 is 14.6 Å². The van der Waals surface area contributed by atoms with Crippen molar-refractivity contribution in [2.24, 2.45) is 0 Å². The fraction of sp³-hybridized carbons (Fsp3) is 0.120. The monoisotopic (exact) mass is 483 g/mol. The number of rotatable bonds is 5. The van der Waals surface area contributed by atoms with Crippen molar-refractivity contribution in [3.63, 3.8) is 0 Å². The van der Waals surface area contributed by atoms with Crippen LogP contribution in [0.3, 0.4) is 0 Å². The Bertz CT molecular complexity index is 1520. The number of imidazole rings is 1. The fourth-order valence-corrected chi connectivity index (χ4v) is 3.81. The number of halogens is 4. The highest BCUT2D eigenvalue weighted by molar-refractivity contribution is 5.65. The molecule has 0 amide bonds. The summed E-state index contributed by atoms with van der Waals surface area (Å²) < 4.78 is 59.5. The Balaban J connectivity index is 1.64. The molecule has 5 rings (SSSR count). The lowest BCUT2D eigenvalue weighted by Gasteiger charge is -2.09. The molecule has 0 spiro atoms. The Morgan fingerprint density at radius 1 is 0.857 bits per heavy atom. The van der Waals surface area contributed by atoms with Crippen molar-refractivity contribution in [2.75, 3.05) is 0 Å². The number of phenols is 1. The summed E-state index contributed by atoms with van der Waals surface area (Å²) in [6.07, 6.45) is -3.19. The zero-order chi connectivity index (χ0) is 24.7. The summed E-state index contributed by atoms with van der Waals surface area (Å²) in [7, 11) is 0. The molecular formula is C25H17F4N3O3. The van der Waals surface area contributed by atoms with Gasteiger partial charge in [0.25, 0.3) is 0 Å². The number of nitrogens with zero attached hydrogens (tertiary/aromatic N) is 3. The molecule has 2 aromatic carbocycles. The Hall–Kier alpha value is -4.34. The predicted octanol–water partition coefficient (Wildman–Crippen LogP) is 5.74. The van der Waals surface area contributed by atoms with Crippen LogP contribution >= 0.6 is 0 Å². The number of aromatic nitrogens is 3. The van der Waals surface area contributed by atoms with Crippen LogP contribution in [0.2, 0.25) is 0 Å². The van der Waals surface area contributed by atoms with Gasteiger partial charge in [-0.1, -0.05) is 36.4 Å². The molecule has 3 aromatic heterocycles. The predicted molar refractivity (Wildman–Crippen MR) is 117 cm³/mol. The van der Waals surface area contributed by atoms with E-state index >= 15 is 0 Å². The molecule has 10 heteroatoms. The first-order valence-corrected chi connectivity index (χ1v) is 10.5. The average Bonchev–Trinajstić information content (AvgIpc) is 3.42. The molecule has 0 aliphatic carbocycles. The van der Waals surface area contributed by atoms with Gasteiger partial charge in [-0.15, -0.1) is 0 Å². The first-order valence-electron chi connectivity index (χ1n) is 10.5. The molecule has 35 heavy (non-hydrogen) atoms. The van der Waals surface area contributed by atoms with Gasteiger partial charge in [0, 0.05) is 18.2 Å². The van der Waals surface area contributed by atoms with Gasteiger partial charge in [0.05, 0.1) is 17.8 Å². The van der Waals surface area contributed by atoms with Crippen molar-refractivity contribution in [1.29, 1.82) is 0 Å². The van der Waals surface area contributed by atoms with Crippen LogP contribution in [0, 0.1) is 5.82 Å². The summed E-state index contributed by atoms with van der Waals surface area (Å²) in [6.45, 7) is 0. The molecule has 0 fully saturated rings. The van der Waals surface area contributed by atoms with Crippen molar-refractivity contribution in [1.82, 2.24) is 14.4 Å². The summed E-state index contributed by atoms with van der Waals surface area (Å²) in [5, 5.41) is 20.7. The summed E-state index contributed by atoms with van der Waals surface area (Å²) in [6, 6.07) is 15.4. The Morgan fingerprint density at radius 3 is 2.34 bits per heavy atom. The number of hydrogen-bond donors (Lipinski definition) is 2. The molecule has 0 saturated carbocycles. The molecular weight excluding hydrogens is 466 g/mol. The van der Waals surface area contributed by atoms with Crippen molar-refractivity contribution < 1.29 is 32.2 Å². The first-order chi connectivity index (χ1) is 16.7. The van der Waals surface area contributed by atoms with Gasteiger partial charge in [0.15, 0.2) is 17.2 Å². The van der Waals surface area contributed by atoms with Crippen molar-refractivity contribution >= 4 is 5.65 Å². The highest BCUT2D eigenvalue weighted by Gasteiger charge is 2.35. The van der Waals surface area contributed by atoms with Crippen LogP contribution in [0.25, 0.3) is 16.9 Å². The smallest absolute Gasteiger partial charge is 0.449 e. The fourth-order valence-electron chi connectivity index (χ4n) is 3.81. The molecule has 6 nitrogen and oxygen atoms in total. The summed E-state index contributed by atoms with van der Waals surface area (Å²) >= 11 is 0. The lowest BCUT2D eigenvalue weighted by Crippen LogP contribution is -2.02. The zero-order valence-corrected chi connectivity index (χ0v) is 17.9. The molecule has 178 valence electrons. The minimum atomic E-state index is -4.63. The Morgan fingerprint density at radius 2 is 1.63 bits per heavy atom. The number of aromatic hydroxyl groups is 2. The Kier molecular flexibility index (Phi) is 5.43. The van der Waals surface area contributed by atoms with Crippen molar-refractivity contribution in [3.8, 4) is 22.9 Å². The molecule has 0 saturated heterocycles. The second kappa shape index (κ2) is 8.46. The molecule has 2 N–H and O–H groups in total. The van der Waals surface area contributed by atoms with E-state index in [1.807, 2.05) is 30.3 Å². The van der Waals surface area contributed by atoms with Crippen LogP contribution in [0.1, 0.15) is 28.5 Å². The third-order valence-electron chi connectivity index (χ3n) is 5.47. The zero-order valence-electron chi connectivity index (χ0n) is 17.9. The van der Waals surface area contributed by atoms with Crippen LogP contribution in [0.15, 0.2) is 71.3 Å². The summed E-state index contributed by atoms with van der Waals surface area (Å²) in [5.41, 5.74) is 1.74. The number of benzene rings is 2. The van der Waals surface area contributed by atoms with Gasteiger partial charge in [-0.25, -0.2) is 14.4 Å². The molecule has 0 radical (unpaired) electrons. The third kappa shape index (κ3) is 4.30. The molecule has 0 unspecified atom stereocenters. The maximum atomic E-state index is 14.7. The molecule has 0 bridgehead atoms. The van der Waals surface area contributed by atoms with Crippen LogP contribution in [-0.2, 0) is 19.0 Å². The van der Waals surface area contributed by atoms with Crippen LogP contribution in [0.5, 0.6) is 11.6 Å². The normalized spacial score (nSPS) is 11.9. The lowest BCUT2D eigenvalue weighted by molar-refractivity contribution is -0.153. The molecule has 3 heterocycles. The van der Waals surface area contributed by atoms with Crippen molar-refractivity contribution in [2.45, 2.75) is 19.0 Å². The van der Waals surface area contributed by atoms with Gasteiger partial charge in [-0.05, 0) is 29.8 Å². The second-order valence-electron chi connectivity index (χ2n) is 7.89. The van der Waals surface area contributed by atoms with Gasteiger partial charge >= 0.3 is 6.18 Å². The topological polar surface area (TPSA) is 83.8 Å².